The molecule has 0 amide bonds. The average Bonchev–Trinajstić information content (AvgIpc) is 2.34. The zero-order valence-corrected chi connectivity index (χ0v) is 11.9. The van der Waals surface area contributed by atoms with Crippen LogP contribution in [0.25, 0.3) is 0 Å². The van der Waals surface area contributed by atoms with E-state index in [1.54, 1.807) is 19.2 Å². The van der Waals surface area contributed by atoms with Crippen molar-refractivity contribution in [2.24, 2.45) is 5.92 Å². The van der Waals surface area contributed by atoms with Crippen molar-refractivity contribution < 1.29 is 4.92 Å². The lowest BCUT2D eigenvalue weighted by atomic mass is 10.2. The van der Waals surface area contributed by atoms with Crippen molar-refractivity contribution in [3.05, 3.63) is 33.9 Å². The summed E-state index contributed by atoms with van der Waals surface area (Å²) in [6.45, 7) is 4.40. The topological polar surface area (TPSA) is 55.2 Å². The molecule has 0 saturated heterocycles. The number of benzene rings is 1. The van der Waals surface area contributed by atoms with Crippen LogP contribution >= 0.6 is 11.8 Å². The molecule has 1 rings (SSSR count). The first-order valence-corrected chi connectivity index (χ1v) is 7.23. The highest BCUT2D eigenvalue weighted by molar-refractivity contribution is 7.98. The third-order valence-electron chi connectivity index (χ3n) is 2.64. The smallest absolute Gasteiger partial charge is 0.292 e. The molecule has 0 aliphatic rings. The quantitative estimate of drug-likeness (QED) is 0.462. The van der Waals surface area contributed by atoms with Gasteiger partial charge in [-0.25, -0.2) is 0 Å². The van der Waals surface area contributed by atoms with E-state index >= 15 is 0 Å². The van der Waals surface area contributed by atoms with E-state index in [0.717, 1.165) is 17.1 Å². The SMILES string of the molecule is CNc1ccc(CSCCC(C)C)cc1[N+](=O)[O-]. The second-order valence-corrected chi connectivity index (χ2v) is 5.70. The lowest BCUT2D eigenvalue weighted by Crippen LogP contribution is -1.97. The van der Waals surface area contributed by atoms with Gasteiger partial charge >= 0.3 is 0 Å². The monoisotopic (exact) mass is 268 g/mol. The molecule has 5 heteroatoms. The fraction of sp³-hybridized carbons (Fsp3) is 0.538. The Morgan fingerprint density at radius 1 is 1.44 bits per heavy atom. The third-order valence-corrected chi connectivity index (χ3v) is 3.70. The van der Waals surface area contributed by atoms with E-state index in [2.05, 4.69) is 19.2 Å². The number of thioether (sulfide) groups is 1. The van der Waals surface area contributed by atoms with E-state index in [0.29, 0.717) is 11.6 Å². The predicted octanol–water partition coefficient (Wildman–Crippen LogP) is 3.92. The molecule has 0 spiro atoms. The molecule has 100 valence electrons. The molecule has 1 aromatic carbocycles. The van der Waals surface area contributed by atoms with Crippen LogP contribution in [-0.4, -0.2) is 17.7 Å². The predicted molar refractivity (Wildman–Crippen MR) is 78.3 cm³/mol. The second kappa shape index (κ2) is 7.26. The molecule has 0 atom stereocenters. The molecule has 18 heavy (non-hydrogen) atoms. The Labute approximate surface area is 112 Å². The molecule has 0 saturated carbocycles. The summed E-state index contributed by atoms with van der Waals surface area (Å²) < 4.78 is 0. The maximum absolute atomic E-state index is 10.9. The summed E-state index contributed by atoms with van der Waals surface area (Å²) in [7, 11) is 1.69. The number of rotatable bonds is 7. The number of nitrogens with zero attached hydrogens (tertiary/aromatic N) is 1. The summed E-state index contributed by atoms with van der Waals surface area (Å²) in [4.78, 5) is 10.6. The summed E-state index contributed by atoms with van der Waals surface area (Å²) >= 11 is 1.83. The number of hydrogen-bond acceptors (Lipinski definition) is 4. The molecule has 1 N–H and O–H groups in total. The normalized spacial score (nSPS) is 10.7. The minimum absolute atomic E-state index is 0.152. The molecule has 4 nitrogen and oxygen atoms in total. The van der Waals surface area contributed by atoms with E-state index in [1.807, 2.05) is 17.8 Å². The largest absolute Gasteiger partial charge is 0.383 e. The van der Waals surface area contributed by atoms with Gasteiger partial charge in [0.1, 0.15) is 5.69 Å². The maximum atomic E-state index is 10.9. The lowest BCUT2D eigenvalue weighted by Gasteiger charge is -2.06. The van der Waals surface area contributed by atoms with Crippen LogP contribution in [0.1, 0.15) is 25.8 Å². The summed E-state index contributed by atoms with van der Waals surface area (Å²) in [6, 6.07) is 5.38. The van der Waals surface area contributed by atoms with Crippen molar-refractivity contribution in [1.82, 2.24) is 0 Å². The molecule has 0 bridgehead atoms. The Balaban J connectivity index is 2.62. The number of nitrogens with one attached hydrogen (secondary N) is 1. The van der Waals surface area contributed by atoms with E-state index in [9.17, 15) is 10.1 Å². The molecule has 0 unspecified atom stereocenters. The highest BCUT2D eigenvalue weighted by Gasteiger charge is 2.13. The van der Waals surface area contributed by atoms with Gasteiger partial charge in [-0.1, -0.05) is 19.9 Å². The molecular weight excluding hydrogens is 248 g/mol. The molecule has 1 aromatic rings. The highest BCUT2D eigenvalue weighted by Crippen LogP contribution is 2.27. The van der Waals surface area contributed by atoms with E-state index in [-0.39, 0.29) is 10.6 Å². The first-order valence-electron chi connectivity index (χ1n) is 6.07. The van der Waals surface area contributed by atoms with Crippen LogP contribution in [0.2, 0.25) is 0 Å². The Kier molecular flexibility index (Phi) is 5.98. The van der Waals surface area contributed by atoms with Gasteiger partial charge < -0.3 is 5.32 Å². The Morgan fingerprint density at radius 2 is 2.17 bits per heavy atom. The Bertz CT molecular complexity index is 408. The zero-order chi connectivity index (χ0) is 13.5. The first-order chi connectivity index (χ1) is 8.54. The summed E-state index contributed by atoms with van der Waals surface area (Å²) in [5.41, 5.74) is 1.73. The van der Waals surface area contributed by atoms with Crippen molar-refractivity contribution in [1.29, 1.82) is 0 Å². The van der Waals surface area contributed by atoms with Crippen molar-refractivity contribution in [2.75, 3.05) is 18.1 Å². The van der Waals surface area contributed by atoms with Crippen molar-refractivity contribution in [3.8, 4) is 0 Å². The summed E-state index contributed by atoms with van der Waals surface area (Å²) in [5.74, 6) is 2.63. The van der Waals surface area contributed by atoms with Gasteiger partial charge in [0.15, 0.2) is 0 Å². The van der Waals surface area contributed by atoms with Gasteiger partial charge in [-0.05, 0) is 29.7 Å². The van der Waals surface area contributed by atoms with Crippen molar-refractivity contribution >= 4 is 23.1 Å². The number of hydrogen-bond donors (Lipinski definition) is 1. The Hall–Kier alpha value is -1.23. The van der Waals surface area contributed by atoms with Crippen LogP contribution in [0.4, 0.5) is 11.4 Å². The molecule has 0 aliphatic carbocycles. The standard InChI is InChI=1S/C13H20N2O2S/c1-10(2)6-7-18-9-11-4-5-12(14-3)13(8-11)15(16)17/h4-5,8,10,14H,6-7,9H2,1-3H3. The first kappa shape index (κ1) is 14.8. The third kappa shape index (κ3) is 4.56. The highest BCUT2D eigenvalue weighted by atomic mass is 32.2. The molecule has 0 heterocycles. The molecular formula is C13H20N2O2S. The fourth-order valence-corrected chi connectivity index (χ4v) is 2.74. The summed E-state index contributed by atoms with van der Waals surface area (Å²) in [5, 5.41) is 13.7. The van der Waals surface area contributed by atoms with Gasteiger partial charge in [0, 0.05) is 18.9 Å². The number of nitro benzene ring substituents is 1. The Morgan fingerprint density at radius 3 is 2.72 bits per heavy atom. The van der Waals surface area contributed by atoms with Gasteiger partial charge in [-0.3, -0.25) is 10.1 Å². The second-order valence-electron chi connectivity index (χ2n) is 4.59. The number of nitro groups is 1. The maximum Gasteiger partial charge on any atom is 0.292 e. The van der Waals surface area contributed by atoms with Crippen LogP contribution in [-0.2, 0) is 5.75 Å². The number of anilines is 1. The fourth-order valence-electron chi connectivity index (χ4n) is 1.54. The molecule has 0 radical (unpaired) electrons. The van der Waals surface area contributed by atoms with Crippen LogP contribution in [0.5, 0.6) is 0 Å². The van der Waals surface area contributed by atoms with Crippen LogP contribution < -0.4 is 5.32 Å². The minimum Gasteiger partial charge on any atom is -0.383 e. The molecule has 0 aliphatic heterocycles. The van der Waals surface area contributed by atoms with E-state index in [4.69, 9.17) is 0 Å². The molecule has 0 aromatic heterocycles. The van der Waals surface area contributed by atoms with Crippen molar-refractivity contribution in [2.45, 2.75) is 26.0 Å². The minimum atomic E-state index is -0.339. The average molecular weight is 268 g/mol. The van der Waals surface area contributed by atoms with Gasteiger partial charge in [-0.2, -0.15) is 11.8 Å². The summed E-state index contributed by atoms with van der Waals surface area (Å²) in [6.07, 6.45) is 1.18. The lowest BCUT2D eigenvalue weighted by molar-refractivity contribution is -0.384. The van der Waals surface area contributed by atoms with Gasteiger partial charge in [-0.15, -0.1) is 0 Å². The van der Waals surface area contributed by atoms with Crippen LogP contribution in [0.3, 0.4) is 0 Å². The van der Waals surface area contributed by atoms with Crippen molar-refractivity contribution in [3.63, 3.8) is 0 Å². The van der Waals surface area contributed by atoms with Gasteiger partial charge in [0.2, 0.25) is 0 Å². The van der Waals surface area contributed by atoms with E-state index < -0.39 is 0 Å². The van der Waals surface area contributed by atoms with E-state index in [1.165, 1.54) is 6.42 Å². The van der Waals surface area contributed by atoms with Gasteiger partial charge in [0.25, 0.3) is 5.69 Å². The zero-order valence-electron chi connectivity index (χ0n) is 11.1. The molecule has 0 fully saturated rings. The van der Waals surface area contributed by atoms with Gasteiger partial charge in [0.05, 0.1) is 4.92 Å². The van der Waals surface area contributed by atoms with Crippen LogP contribution in [0.15, 0.2) is 18.2 Å². The van der Waals surface area contributed by atoms with Crippen LogP contribution in [0, 0.1) is 16.0 Å².